The maximum atomic E-state index is 11.0. The molecule has 0 aliphatic carbocycles. The van der Waals surface area contributed by atoms with Gasteiger partial charge in [-0.3, -0.25) is 4.79 Å². The predicted molar refractivity (Wildman–Crippen MR) is 46.9 cm³/mol. The molecule has 0 heterocycles. The van der Waals surface area contributed by atoms with E-state index in [1.807, 2.05) is 6.92 Å². The van der Waals surface area contributed by atoms with E-state index in [4.69, 9.17) is 16.7 Å². The minimum atomic E-state index is -1.06. The molecule has 12 heavy (non-hydrogen) atoms. The number of hydrogen-bond acceptors (Lipinski definition) is 3. The second kappa shape index (κ2) is 4.67. The minimum Gasteiger partial charge on any atom is -0.435 e. The van der Waals surface area contributed by atoms with Crippen molar-refractivity contribution in [1.82, 2.24) is 0 Å². The van der Waals surface area contributed by atoms with Crippen LogP contribution in [0, 0.1) is 0 Å². The molecule has 0 saturated heterocycles. The van der Waals surface area contributed by atoms with Gasteiger partial charge in [-0.2, -0.15) is 0 Å². The fourth-order valence-electron chi connectivity index (χ4n) is 0.570. The molecule has 0 aliphatic rings. The van der Waals surface area contributed by atoms with E-state index < -0.39 is 17.1 Å². The smallest absolute Gasteiger partial charge is 0.328 e. The highest BCUT2D eigenvalue weighted by atomic mass is 35.5. The average molecular weight is 195 g/mol. The van der Waals surface area contributed by atoms with Gasteiger partial charge >= 0.3 is 5.97 Å². The molecule has 0 radical (unpaired) electrons. The number of hydrogen-bond donors (Lipinski definition) is 1. The van der Waals surface area contributed by atoms with Crippen molar-refractivity contribution in [3.63, 3.8) is 0 Å². The number of aliphatic hydroxyl groups excluding tert-OH is 1. The molecular formula is C8H15ClO3. The van der Waals surface area contributed by atoms with E-state index in [2.05, 4.69) is 4.74 Å². The Morgan fingerprint density at radius 3 is 2.50 bits per heavy atom. The first-order chi connectivity index (χ1) is 5.38. The van der Waals surface area contributed by atoms with Crippen LogP contribution in [-0.2, 0) is 9.53 Å². The lowest BCUT2D eigenvalue weighted by molar-refractivity contribution is -0.171. The largest absolute Gasteiger partial charge is 0.435 e. The highest BCUT2D eigenvalue weighted by Gasteiger charge is 2.27. The van der Waals surface area contributed by atoms with Crippen molar-refractivity contribution >= 4 is 17.6 Å². The van der Waals surface area contributed by atoms with Crippen LogP contribution < -0.4 is 0 Å². The second-order valence-corrected chi connectivity index (χ2v) is 4.07. The summed E-state index contributed by atoms with van der Waals surface area (Å²) in [6.07, 6.45) is 0.177. The van der Waals surface area contributed by atoms with Crippen LogP contribution in [0.25, 0.3) is 0 Å². The summed E-state index contributed by atoms with van der Waals surface area (Å²) in [5.41, 5.74) is 0. The molecule has 0 spiro atoms. The van der Waals surface area contributed by atoms with Crippen molar-refractivity contribution in [3.05, 3.63) is 0 Å². The molecule has 1 N–H and O–H groups in total. The maximum absolute atomic E-state index is 11.0. The summed E-state index contributed by atoms with van der Waals surface area (Å²) in [6.45, 7) is 4.94. The van der Waals surface area contributed by atoms with E-state index in [0.29, 0.717) is 6.42 Å². The monoisotopic (exact) mass is 194 g/mol. The lowest BCUT2D eigenvalue weighted by Gasteiger charge is -2.17. The Morgan fingerprint density at radius 1 is 1.67 bits per heavy atom. The van der Waals surface area contributed by atoms with Gasteiger partial charge in [0.25, 0.3) is 0 Å². The van der Waals surface area contributed by atoms with Gasteiger partial charge in [0.05, 0.1) is 0 Å². The summed E-state index contributed by atoms with van der Waals surface area (Å²) in [7, 11) is 0. The molecule has 0 saturated carbocycles. The topological polar surface area (TPSA) is 46.5 Å². The molecule has 72 valence electrons. The highest BCUT2D eigenvalue weighted by molar-refractivity contribution is 6.33. The van der Waals surface area contributed by atoms with Crippen molar-refractivity contribution in [1.29, 1.82) is 0 Å². The van der Waals surface area contributed by atoms with Crippen LogP contribution in [0.15, 0.2) is 0 Å². The number of rotatable bonds is 4. The third kappa shape index (κ3) is 4.57. The van der Waals surface area contributed by atoms with E-state index in [0.717, 1.165) is 6.42 Å². The zero-order valence-corrected chi connectivity index (χ0v) is 8.39. The van der Waals surface area contributed by atoms with E-state index >= 15 is 0 Å². The summed E-state index contributed by atoms with van der Waals surface area (Å²) in [6, 6.07) is 0. The summed E-state index contributed by atoms with van der Waals surface area (Å²) < 4.78 is 4.64. The maximum Gasteiger partial charge on any atom is 0.328 e. The van der Waals surface area contributed by atoms with Gasteiger partial charge in [-0.05, 0) is 13.8 Å². The Morgan fingerprint density at radius 2 is 2.17 bits per heavy atom. The van der Waals surface area contributed by atoms with Crippen molar-refractivity contribution in [2.24, 2.45) is 0 Å². The molecule has 0 aromatic heterocycles. The zero-order chi connectivity index (χ0) is 9.78. The molecule has 3 nitrogen and oxygen atoms in total. The molecule has 0 aromatic rings. The molecule has 1 atom stereocenters. The van der Waals surface area contributed by atoms with Crippen molar-refractivity contribution < 1.29 is 14.6 Å². The molecule has 4 heteroatoms. The van der Waals surface area contributed by atoms with Gasteiger partial charge in [0.15, 0.2) is 0 Å². The molecule has 0 amide bonds. The Hall–Kier alpha value is -0.280. The first kappa shape index (κ1) is 11.7. The zero-order valence-electron chi connectivity index (χ0n) is 7.63. The first-order valence-electron chi connectivity index (χ1n) is 3.96. The molecule has 0 bridgehead atoms. The van der Waals surface area contributed by atoms with E-state index in [-0.39, 0.29) is 0 Å². The number of carbonyl (C=O) groups excluding carboxylic acids is 1. The Kier molecular flexibility index (Phi) is 4.57. The lowest BCUT2D eigenvalue weighted by atomic mass is 10.2. The van der Waals surface area contributed by atoms with Gasteiger partial charge in [0, 0.05) is 6.42 Å². The van der Waals surface area contributed by atoms with Crippen LogP contribution in [0.3, 0.4) is 0 Å². The first-order valence-corrected chi connectivity index (χ1v) is 4.33. The third-order valence-corrected chi connectivity index (χ3v) is 1.42. The standard InChI is InChI=1S/C8H15ClO3/c1-4-5-6(10)12-7(11)8(2,3)9/h6,10H,4-5H2,1-3H3. The van der Waals surface area contributed by atoms with Crippen LogP contribution in [0.4, 0.5) is 0 Å². The number of halogens is 1. The van der Waals surface area contributed by atoms with Crippen LogP contribution in [0.5, 0.6) is 0 Å². The Bertz CT molecular complexity index is 151. The molecule has 0 rings (SSSR count). The van der Waals surface area contributed by atoms with Crippen molar-refractivity contribution in [2.45, 2.75) is 44.8 Å². The number of carbonyl (C=O) groups is 1. The van der Waals surface area contributed by atoms with Gasteiger partial charge in [-0.15, -0.1) is 11.6 Å². The number of aliphatic hydroxyl groups is 1. The second-order valence-electron chi connectivity index (χ2n) is 3.12. The summed E-state index contributed by atoms with van der Waals surface area (Å²) in [4.78, 5) is 9.97. The van der Waals surface area contributed by atoms with Crippen LogP contribution in [-0.4, -0.2) is 22.2 Å². The molecule has 1 unspecified atom stereocenters. The number of ether oxygens (including phenoxy) is 1. The van der Waals surface area contributed by atoms with E-state index in [9.17, 15) is 4.79 Å². The van der Waals surface area contributed by atoms with Gasteiger partial charge in [-0.25, -0.2) is 0 Å². The Labute approximate surface area is 77.7 Å². The third-order valence-electron chi connectivity index (χ3n) is 1.26. The Balaban J connectivity index is 3.85. The summed E-state index contributed by atoms with van der Waals surface area (Å²) in [5, 5.41) is 9.08. The van der Waals surface area contributed by atoms with Gasteiger partial charge in [-0.1, -0.05) is 13.3 Å². The highest BCUT2D eigenvalue weighted by Crippen LogP contribution is 2.16. The lowest BCUT2D eigenvalue weighted by Crippen LogP contribution is -2.31. The minimum absolute atomic E-state index is 0.443. The molecule has 0 fully saturated rings. The predicted octanol–water partition coefficient (Wildman–Crippen LogP) is 1.67. The van der Waals surface area contributed by atoms with Crippen LogP contribution >= 0.6 is 11.6 Å². The normalized spacial score (nSPS) is 14.1. The van der Waals surface area contributed by atoms with Gasteiger partial charge in [0.1, 0.15) is 4.87 Å². The fraction of sp³-hybridized carbons (Fsp3) is 0.875. The molecule has 0 aliphatic heterocycles. The van der Waals surface area contributed by atoms with Gasteiger partial charge < -0.3 is 9.84 Å². The quantitative estimate of drug-likeness (QED) is 0.421. The van der Waals surface area contributed by atoms with Gasteiger partial charge in [0.2, 0.25) is 6.29 Å². The van der Waals surface area contributed by atoms with E-state index in [1.54, 1.807) is 0 Å². The van der Waals surface area contributed by atoms with Crippen molar-refractivity contribution in [3.8, 4) is 0 Å². The summed E-state index contributed by atoms with van der Waals surface area (Å²) in [5.74, 6) is -0.592. The van der Waals surface area contributed by atoms with Crippen LogP contribution in [0.1, 0.15) is 33.6 Å². The van der Waals surface area contributed by atoms with E-state index in [1.165, 1.54) is 13.8 Å². The summed E-state index contributed by atoms with van der Waals surface area (Å²) >= 11 is 5.64. The van der Waals surface area contributed by atoms with Crippen LogP contribution in [0.2, 0.25) is 0 Å². The fourth-order valence-corrected chi connectivity index (χ4v) is 0.614. The van der Waals surface area contributed by atoms with Crippen molar-refractivity contribution in [2.75, 3.05) is 0 Å². The number of alkyl halides is 1. The molecule has 0 aromatic carbocycles. The number of esters is 1. The average Bonchev–Trinajstić information content (AvgIpc) is 1.85. The SMILES string of the molecule is CCCC(O)OC(=O)C(C)(C)Cl. The molecular weight excluding hydrogens is 180 g/mol.